The predicted molar refractivity (Wildman–Crippen MR) is 108 cm³/mol. The highest BCUT2D eigenvalue weighted by atomic mass is 35.5. The number of amides is 4. The van der Waals surface area contributed by atoms with E-state index in [1.807, 2.05) is 6.92 Å². The van der Waals surface area contributed by atoms with Crippen molar-refractivity contribution in [2.75, 3.05) is 11.9 Å². The van der Waals surface area contributed by atoms with Crippen molar-refractivity contribution in [3.63, 3.8) is 0 Å². The van der Waals surface area contributed by atoms with Crippen molar-refractivity contribution in [2.45, 2.75) is 31.7 Å². The van der Waals surface area contributed by atoms with Crippen LogP contribution in [0.15, 0.2) is 48.5 Å². The molecule has 6 nitrogen and oxygen atoms in total. The number of rotatable bonds is 7. The number of carbonyl (C=O) groups is 3. The fourth-order valence-electron chi connectivity index (χ4n) is 3.37. The summed E-state index contributed by atoms with van der Waals surface area (Å²) in [4.78, 5) is 39.1. The summed E-state index contributed by atoms with van der Waals surface area (Å²) in [6.45, 7) is 1.53. The maximum absolute atomic E-state index is 13.4. The van der Waals surface area contributed by atoms with Gasteiger partial charge in [-0.2, -0.15) is 0 Å². The Bertz CT molecular complexity index is 935. The van der Waals surface area contributed by atoms with Crippen molar-refractivity contribution in [1.29, 1.82) is 0 Å². The normalized spacial score (nSPS) is 18.7. The summed E-state index contributed by atoms with van der Waals surface area (Å²) in [5.41, 5.74) is -0.356. The molecular weight excluding hydrogens is 397 g/mol. The highest BCUT2D eigenvalue weighted by Gasteiger charge is 2.52. The molecule has 0 unspecified atom stereocenters. The van der Waals surface area contributed by atoms with Gasteiger partial charge in [-0.15, -0.1) is 0 Å². The first-order valence-corrected chi connectivity index (χ1v) is 9.69. The zero-order chi connectivity index (χ0) is 21.0. The summed E-state index contributed by atoms with van der Waals surface area (Å²) in [5.74, 6) is -1.49. The third-order valence-electron chi connectivity index (χ3n) is 4.83. The third kappa shape index (κ3) is 4.40. The average molecular weight is 418 g/mol. The molecule has 0 aliphatic carbocycles. The van der Waals surface area contributed by atoms with E-state index >= 15 is 0 Å². The lowest BCUT2D eigenvalue weighted by atomic mass is 9.85. The molecule has 0 radical (unpaired) electrons. The van der Waals surface area contributed by atoms with Crippen LogP contribution in [0.3, 0.4) is 0 Å². The number of hydrogen-bond donors (Lipinski definition) is 2. The van der Waals surface area contributed by atoms with Gasteiger partial charge in [0.1, 0.15) is 17.9 Å². The monoisotopic (exact) mass is 417 g/mol. The molecule has 1 atom stereocenters. The largest absolute Gasteiger partial charge is 0.325 e. The van der Waals surface area contributed by atoms with E-state index in [-0.39, 0.29) is 0 Å². The van der Waals surface area contributed by atoms with Crippen molar-refractivity contribution in [2.24, 2.45) is 0 Å². The molecule has 0 spiro atoms. The van der Waals surface area contributed by atoms with Crippen LogP contribution in [0.1, 0.15) is 31.7 Å². The zero-order valence-corrected chi connectivity index (χ0v) is 16.6. The second-order valence-electron chi connectivity index (χ2n) is 6.90. The van der Waals surface area contributed by atoms with E-state index in [4.69, 9.17) is 11.6 Å². The van der Waals surface area contributed by atoms with Gasteiger partial charge >= 0.3 is 6.03 Å². The van der Waals surface area contributed by atoms with E-state index in [2.05, 4.69) is 10.6 Å². The van der Waals surface area contributed by atoms with Crippen molar-refractivity contribution in [3.8, 4) is 0 Å². The van der Waals surface area contributed by atoms with Gasteiger partial charge in [-0.3, -0.25) is 14.5 Å². The molecular formula is C21H21ClFN3O3. The Hall–Kier alpha value is -2.93. The standard InChI is InChI=1S/C21H21ClFN3O3/c1-2-3-11-21(14-7-9-16(23)10-8-14)19(28)26(20(29)25-21)13-18(27)24-17-6-4-5-15(22)12-17/h4-10,12H,2-3,11,13H2,1H3,(H,24,27)(H,25,29)/t21-/m0/s1. The Morgan fingerprint density at radius 1 is 1.21 bits per heavy atom. The number of carbonyl (C=O) groups excluding carboxylic acids is 3. The second kappa shape index (κ2) is 8.61. The fraction of sp³-hybridized carbons (Fsp3) is 0.286. The summed E-state index contributed by atoms with van der Waals surface area (Å²) in [6.07, 6.45) is 1.83. The molecule has 152 valence electrons. The lowest BCUT2D eigenvalue weighted by Gasteiger charge is -2.27. The molecule has 1 aliphatic heterocycles. The summed E-state index contributed by atoms with van der Waals surface area (Å²) in [6, 6.07) is 11.4. The van der Waals surface area contributed by atoms with Crippen LogP contribution in [-0.2, 0) is 15.1 Å². The third-order valence-corrected chi connectivity index (χ3v) is 5.06. The molecule has 2 aromatic rings. The van der Waals surface area contributed by atoms with Crippen LogP contribution in [0.2, 0.25) is 5.02 Å². The minimum absolute atomic E-state index is 0.353. The van der Waals surface area contributed by atoms with Gasteiger partial charge in [-0.1, -0.05) is 49.6 Å². The molecule has 1 aliphatic rings. The lowest BCUT2D eigenvalue weighted by Crippen LogP contribution is -2.44. The number of hydrogen-bond acceptors (Lipinski definition) is 3. The van der Waals surface area contributed by atoms with Gasteiger partial charge in [0.25, 0.3) is 5.91 Å². The second-order valence-corrected chi connectivity index (χ2v) is 7.33. The van der Waals surface area contributed by atoms with Crippen molar-refractivity contribution < 1.29 is 18.8 Å². The number of nitrogens with zero attached hydrogens (tertiary/aromatic N) is 1. The molecule has 2 N–H and O–H groups in total. The van der Waals surface area contributed by atoms with Gasteiger partial charge in [0, 0.05) is 10.7 Å². The van der Waals surface area contributed by atoms with E-state index in [9.17, 15) is 18.8 Å². The van der Waals surface area contributed by atoms with Gasteiger partial charge in [0.05, 0.1) is 0 Å². The lowest BCUT2D eigenvalue weighted by molar-refractivity contribution is -0.134. The molecule has 4 amide bonds. The summed E-state index contributed by atoms with van der Waals surface area (Å²) in [5, 5.41) is 5.80. The highest BCUT2D eigenvalue weighted by Crippen LogP contribution is 2.34. The molecule has 0 saturated carbocycles. The summed E-state index contributed by atoms with van der Waals surface area (Å²) in [7, 11) is 0. The maximum Gasteiger partial charge on any atom is 0.325 e. The Morgan fingerprint density at radius 3 is 2.59 bits per heavy atom. The Morgan fingerprint density at radius 2 is 1.93 bits per heavy atom. The quantitative estimate of drug-likeness (QED) is 0.667. The number of imide groups is 1. The molecule has 1 heterocycles. The summed E-state index contributed by atoms with van der Waals surface area (Å²) < 4.78 is 13.4. The van der Waals surface area contributed by atoms with Crippen LogP contribution in [-0.4, -0.2) is 29.3 Å². The molecule has 29 heavy (non-hydrogen) atoms. The van der Waals surface area contributed by atoms with Crippen LogP contribution in [0, 0.1) is 5.82 Å². The van der Waals surface area contributed by atoms with E-state index in [0.29, 0.717) is 29.1 Å². The number of nitrogens with one attached hydrogen (secondary N) is 2. The molecule has 8 heteroatoms. The van der Waals surface area contributed by atoms with E-state index in [0.717, 1.165) is 11.3 Å². The molecule has 0 aromatic heterocycles. The molecule has 3 rings (SSSR count). The van der Waals surface area contributed by atoms with Gasteiger partial charge in [0.2, 0.25) is 5.91 Å². The topological polar surface area (TPSA) is 78.5 Å². The number of halogens is 2. The predicted octanol–water partition coefficient (Wildman–Crippen LogP) is 4.06. The maximum atomic E-state index is 13.4. The van der Waals surface area contributed by atoms with E-state index < -0.39 is 35.7 Å². The van der Waals surface area contributed by atoms with Crippen LogP contribution in [0.4, 0.5) is 14.9 Å². The highest BCUT2D eigenvalue weighted by molar-refractivity contribution is 6.30. The number of urea groups is 1. The van der Waals surface area contributed by atoms with E-state index in [1.54, 1.807) is 24.3 Å². The molecule has 1 fully saturated rings. The van der Waals surface area contributed by atoms with Crippen LogP contribution in [0.25, 0.3) is 0 Å². The SMILES string of the molecule is CCCC[C@@]1(c2ccc(F)cc2)NC(=O)N(CC(=O)Nc2cccc(Cl)c2)C1=O. The smallest absolute Gasteiger partial charge is 0.324 e. The Kier molecular flexibility index (Phi) is 6.17. The van der Waals surface area contributed by atoms with Gasteiger partial charge in [-0.05, 0) is 42.3 Å². The van der Waals surface area contributed by atoms with Crippen LogP contribution in [0.5, 0.6) is 0 Å². The number of unbranched alkanes of at least 4 members (excludes halogenated alkanes) is 1. The van der Waals surface area contributed by atoms with Crippen molar-refractivity contribution >= 4 is 35.1 Å². The zero-order valence-electron chi connectivity index (χ0n) is 15.9. The summed E-state index contributed by atoms with van der Waals surface area (Å²) >= 11 is 5.90. The van der Waals surface area contributed by atoms with Crippen molar-refractivity contribution in [1.82, 2.24) is 10.2 Å². The first-order chi connectivity index (χ1) is 13.9. The van der Waals surface area contributed by atoms with Crippen molar-refractivity contribution in [3.05, 3.63) is 64.9 Å². The van der Waals surface area contributed by atoms with Gasteiger partial charge < -0.3 is 10.6 Å². The minimum Gasteiger partial charge on any atom is -0.324 e. The number of benzene rings is 2. The van der Waals surface area contributed by atoms with E-state index in [1.165, 1.54) is 24.3 Å². The minimum atomic E-state index is -1.31. The van der Waals surface area contributed by atoms with Gasteiger partial charge in [-0.25, -0.2) is 9.18 Å². The molecule has 2 aromatic carbocycles. The van der Waals surface area contributed by atoms with Crippen LogP contribution >= 0.6 is 11.6 Å². The van der Waals surface area contributed by atoms with Gasteiger partial charge in [0.15, 0.2) is 0 Å². The fourth-order valence-corrected chi connectivity index (χ4v) is 3.56. The Balaban J connectivity index is 1.81. The Labute approximate surface area is 173 Å². The molecule has 1 saturated heterocycles. The average Bonchev–Trinajstić information content (AvgIpc) is 2.92. The first kappa shape index (κ1) is 20.8. The molecule has 0 bridgehead atoms. The van der Waals surface area contributed by atoms with Crippen LogP contribution < -0.4 is 10.6 Å². The first-order valence-electron chi connectivity index (χ1n) is 9.31. The number of anilines is 1.